The van der Waals surface area contributed by atoms with Gasteiger partial charge in [-0.15, -0.1) is 0 Å². The van der Waals surface area contributed by atoms with Crippen LogP contribution in [0.2, 0.25) is 0 Å². The van der Waals surface area contributed by atoms with Crippen LogP contribution in [-0.4, -0.2) is 36.1 Å². The number of amides is 2. The zero-order chi connectivity index (χ0) is 13.2. The fourth-order valence-corrected chi connectivity index (χ4v) is 3.06. The van der Waals surface area contributed by atoms with E-state index in [1.807, 2.05) is 23.1 Å². The summed E-state index contributed by atoms with van der Waals surface area (Å²) < 4.78 is 6.19. The van der Waals surface area contributed by atoms with Gasteiger partial charge in [0, 0.05) is 13.1 Å². The number of nitrogens with zero attached hydrogens (tertiary/aromatic N) is 2. The lowest BCUT2D eigenvalue weighted by Gasteiger charge is -2.14. The van der Waals surface area contributed by atoms with Crippen LogP contribution < -0.4 is 10.1 Å². The standard InChI is InChI=1S/C13H15N3O2S/c1-18-9-4-5-10-11(8-9)19-12(14-10)15-13(17)16-6-2-3-7-16/h4-5,8H,2-3,6-7H2,1H3,(H,14,15,17). The summed E-state index contributed by atoms with van der Waals surface area (Å²) in [5, 5.41) is 3.50. The Labute approximate surface area is 115 Å². The van der Waals surface area contributed by atoms with E-state index < -0.39 is 0 Å². The highest BCUT2D eigenvalue weighted by atomic mass is 32.1. The number of carbonyl (C=O) groups excluding carboxylic acids is 1. The monoisotopic (exact) mass is 277 g/mol. The summed E-state index contributed by atoms with van der Waals surface area (Å²) in [7, 11) is 1.64. The predicted molar refractivity (Wildman–Crippen MR) is 76.0 cm³/mol. The van der Waals surface area contributed by atoms with Crippen molar-refractivity contribution in [3.05, 3.63) is 18.2 Å². The molecule has 1 aliphatic rings. The maximum Gasteiger partial charge on any atom is 0.323 e. The van der Waals surface area contributed by atoms with Crippen LogP contribution in [0.4, 0.5) is 9.93 Å². The van der Waals surface area contributed by atoms with Crippen molar-refractivity contribution in [2.24, 2.45) is 0 Å². The van der Waals surface area contributed by atoms with Crippen LogP contribution in [0.1, 0.15) is 12.8 Å². The maximum atomic E-state index is 12.0. The van der Waals surface area contributed by atoms with Crippen molar-refractivity contribution in [3.8, 4) is 5.75 Å². The third-order valence-electron chi connectivity index (χ3n) is 3.20. The SMILES string of the molecule is COc1ccc2nc(NC(=O)N3CCCC3)sc2c1. The van der Waals surface area contributed by atoms with Crippen molar-refractivity contribution >= 4 is 32.7 Å². The maximum absolute atomic E-state index is 12.0. The molecule has 1 aromatic heterocycles. The van der Waals surface area contributed by atoms with E-state index in [0.717, 1.165) is 41.9 Å². The Morgan fingerprint density at radius 3 is 2.95 bits per heavy atom. The van der Waals surface area contributed by atoms with E-state index in [4.69, 9.17) is 4.74 Å². The molecule has 0 radical (unpaired) electrons. The van der Waals surface area contributed by atoms with Crippen LogP contribution in [-0.2, 0) is 0 Å². The minimum atomic E-state index is -0.0523. The summed E-state index contributed by atoms with van der Waals surface area (Å²) in [4.78, 5) is 18.2. The largest absolute Gasteiger partial charge is 0.497 e. The molecule has 0 spiro atoms. The van der Waals surface area contributed by atoms with Crippen molar-refractivity contribution in [2.75, 3.05) is 25.5 Å². The lowest BCUT2D eigenvalue weighted by Crippen LogP contribution is -2.32. The van der Waals surface area contributed by atoms with Crippen LogP contribution >= 0.6 is 11.3 Å². The third-order valence-corrected chi connectivity index (χ3v) is 4.14. The summed E-state index contributed by atoms with van der Waals surface area (Å²) in [5.41, 5.74) is 0.877. The molecule has 0 bridgehead atoms. The second-order valence-corrected chi connectivity index (χ2v) is 5.51. The molecule has 2 amide bonds. The normalized spacial score (nSPS) is 14.9. The summed E-state index contributed by atoms with van der Waals surface area (Å²) in [5.74, 6) is 0.800. The Bertz CT molecular complexity index is 605. The molecule has 1 N–H and O–H groups in total. The Balaban J connectivity index is 1.79. The molecule has 1 aromatic carbocycles. The first kappa shape index (κ1) is 12.2. The minimum absolute atomic E-state index is 0.0523. The number of nitrogens with one attached hydrogen (secondary N) is 1. The van der Waals surface area contributed by atoms with Crippen molar-refractivity contribution < 1.29 is 9.53 Å². The van der Waals surface area contributed by atoms with Gasteiger partial charge in [-0.3, -0.25) is 5.32 Å². The molecule has 100 valence electrons. The van der Waals surface area contributed by atoms with Gasteiger partial charge in [0.15, 0.2) is 5.13 Å². The van der Waals surface area contributed by atoms with Gasteiger partial charge in [-0.1, -0.05) is 11.3 Å². The fourth-order valence-electron chi connectivity index (χ4n) is 2.18. The Morgan fingerprint density at radius 1 is 1.42 bits per heavy atom. The van der Waals surface area contributed by atoms with E-state index in [-0.39, 0.29) is 6.03 Å². The van der Waals surface area contributed by atoms with E-state index >= 15 is 0 Å². The van der Waals surface area contributed by atoms with Crippen molar-refractivity contribution in [1.29, 1.82) is 0 Å². The molecule has 0 saturated carbocycles. The van der Waals surface area contributed by atoms with Crippen LogP contribution in [0.25, 0.3) is 10.2 Å². The molecule has 0 atom stereocenters. The molecule has 1 aliphatic heterocycles. The first-order valence-electron chi connectivity index (χ1n) is 6.27. The molecule has 6 heteroatoms. The summed E-state index contributed by atoms with van der Waals surface area (Å²) in [6, 6.07) is 5.64. The number of carbonyl (C=O) groups is 1. The second-order valence-electron chi connectivity index (χ2n) is 4.48. The van der Waals surface area contributed by atoms with Gasteiger partial charge in [0.25, 0.3) is 0 Å². The van der Waals surface area contributed by atoms with Gasteiger partial charge in [0.05, 0.1) is 17.3 Å². The van der Waals surface area contributed by atoms with Crippen LogP contribution in [0.15, 0.2) is 18.2 Å². The zero-order valence-electron chi connectivity index (χ0n) is 10.7. The van der Waals surface area contributed by atoms with E-state index in [1.165, 1.54) is 11.3 Å². The number of hydrogen-bond donors (Lipinski definition) is 1. The van der Waals surface area contributed by atoms with E-state index in [0.29, 0.717) is 5.13 Å². The summed E-state index contributed by atoms with van der Waals surface area (Å²) >= 11 is 1.46. The molecule has 2 aromatic rings. The Hall–Kier alpha value is -1.82. The zero-order valence-corrected chi connectivity index (χ0v) is 11.5. The van der Waals surface area contributed by atoms with Gasteiger partial charge in [-0.05, 0) is 31.0 Å². The smallest absolute Gasteiger partial charge is 0.323 e. The molecule has 1 saturated heterocycles. The second kappa shape index (κ2) is 5.05. The highest BCUT2D eigenvalue weighted by Gasteiger charge is 2.18. The Morgan fingerprint density at radius 2 is 2.21 bits per heavy atom. The molecule has 0 aliphatic carbocycles. The summed E-state index contributed by atoms with van der Waals surface area (Å²) in [6.45, 7) is 1.68. The number of likely N-dealkylation sites (tertiary alicyclic amines) is 1. The van der Waals surface area contributed by atoms with Gasteiger partial charge in [0.1, 0.15) is 5.75 Å². The van der Waals surface area contributed by atoms with Crippen molar-refractivity contribution in [2.45, 2.75) is 12.8 Å². The number of fused-ring (bicyclic) bond motifs is 1. The van der Waals surface area contributed by atoms with Crippen LogP contribution in [0, 0.1) is 0 Å². The average molecular weight is 277 g/mol. The van der Waals surface area contributed by atoms with Crippen molar-refractivity contribution in [1.82, 2.24) is 9.88 Å². The number of rotatable bonds is 2. The van der Waals surface area contributed by atoms with E-state index in [2.05, 4.69) is 10.3 Å². The van der Waals surface area contributed by atoms with Crippen molar-refractivity contribution in [3.63, 3.8) is 0 Å². The Kier molecular flexibility index (Phi) is 3.25. The molecular formula is C13H15N3O2S. The number of ether oxygens (including phenoxy) is 1. The van der Waals surface area contributed by atoms with Gasteiger partial charge in [-0.25, -0.2) is 9.78 Å². The van der Waals surface area contributed by atoms with Crippen LogP contribution in [0.5, 0.6) is 5.75 Å². The topological polar surface area (TPSA) is 54.5 Å². The summed E-state index contributed by atoms with van der Waals surface area (Å²) in [6.07, 6.45) is 2.18. The third kappa shape index (κ3) is 2.49. The first-order chi connectivity index (χ1) is 9.26. The van der Waals surface area contributed by atoms with Gasteiger partial charge in [-0.2, -0.15) is 0 Å². The molecule has 19 heavy (non-hydrogen) atoms. The fraction of sp³-hybridized carbons (Fsp3) is 0.385. The number of benzene rings is 1. The van der Waals surface area contributed by atoms with Crippen LogP contribution in [0.3, 0.4) is 0 Å². The van der Waals surface area contributed by atoms with Gasteiger partial charge in [0.2, 0.25) is 0 Å². The molecule has 5 nitrogen and oxygen atoms in total. The number of thiazole rings is 1. The molecule has 1 fully saturated rings. The highest BCUT2D eigenvalue weighted by Crippen LogP contribution is 2.29. The molecule has 0 unspecified atom stereocenters. The molecule has 2 heterocycles. The quantitative estimate of drug-likeness (QED) is 0.918. The molecular weight excluding hydrogens is 262 g/mol. The number of methoxy groups -OCH3 is 1. The van der Waals surface area contributed by atoms with E-state index in [9.17, 15) is 4.79 Å². The number of aromatic nitrogens is 1. The number of urea groups is 1. The lowest BCUT2D eigenvalue weighted by atomic mass is 10.3. The van der Waals surface area contributed by atoms with Gasteiger partial charge < -0.3 is 9.64 Å². The highest BCUT2D eigenvalue weighted by molar-refractivity contribution is 7.22. The first-order valence-corrected chi connectivity index (χ1v) is 7.08. The average Bonchev–Trinajstić information content (AvgIpc) is 3.06. The minimum Gasteiger partial charge on any atom is -0.497 e. The van der Waals surface area contributed by atoms with Gasteiger partial charge >= 0.3 is 6.03 Å². The lowest BCUT2D eigenvalue weighted by molar-refractivity contribution is 0.222. The number of anilines is 1. The molecule has 3 rings (SSSR count). The number of hydrogen-bond acceptors (Lipinski definition) is 4. The van der Waals surface area contributed by atoms with E-state index in [1.54, 1.807) is 7.11 Å². The predicted octanol–water partition coefficient (Wildman–Crippen LogP) is 2.93.